The Kier molecular flexibility index (Phi) is 9.39. The summed E-state index contributed by atoms with van der Waals surface area (Å²) >= 11 is 0. The number of rotatable bonds is 11. The number of phenolic OH excluding ortho intramolecular Hbond substituents is 1. The van der Waals surface area contributed by atoms with Gasteiger partial charge >= 0.3 is 5.97 Å². The van der Waals surface area contributed by atoms with E-state index in [1.165, 1.54) is 45.5 Å². The molecule has 1 N–H and O–H groups in total. The number of nitrogens with zero attached hydrogens (tertiary/aromatic N) is 1. The molecule has 0 radical (unpaired) electrons. The molecule has 1 saturated heterocycles. The number of cyclic esters (lactones) is 1. The first-order chi connectivity index (χ1) is 18.5. The van der Waals surface area contributed by atoms with E-state index in [0.717, 1.165) is 36.4 Å². The molecule has 39 heavy (non-hydrogen) atoms. The van der Waals surface area contributed by atoms with Crippen molar-refractivity contribution < 1.29 is 33.6 Å². The number of hydrogen-bond donors (Lipinski definition) is 1. The lowest BCUT2D eigenvalue weighted by molar-refractivity contribution is -0.141. The number of methoxy groups -OCH3 is 2. The number of benzene rings is 2. The summed E-state index contributed by atoms with van der Waals surface area (Å²) in [6.45, 7) is 4.82. The smallest absolute Gasteiger partial charge is 0.310 e. The Balaban J connectivity index is 0.00000353. The lowest BCUT2D eigenvalue weighted by Gasteiger charge is -2.40. The number of carbonyl (C=O) groups excluding carboxylic acids is 1. The minimum absolute atomic E-state index is 0. The van der Waals surface area contributed by atoms with Crippen molar-refractivity contribution in [1.29, 1.82) is 0 Å². The van der Waals surface area contributed by atoms with Crippen molar-refractivity contribution in [1.82, 2.24) is 4.90 Å². The number of unbranched alkanes of at least 4 members (excludes halogenated alkanes) is 3. The lowest BCUT2D eigenvalue weighted by atomic mass is 9.62. The van der Waals surface area contributed by atoms with Gasteiger partial charge < -0.3 is 33.7 Å². The molecule has 1 aliphatic carbocycles. The third-order valence-electron chi connectivity index (χ3n) is 8.42. The lowest BCUT2D eigenvalue weighted by Crippen LogP contribution is -2.36. The largest absolute Gasteiger partial charge is 0.502 e. The number of ether oxygens (including phenoxy) is 5. The molecular weight excluding hydrogens is 522 g/mol. The minimum Gasteiger partial charge on any atom is -0.502 e. The molecule has 2 aliphatic heterocycles. The van der Waals surface area contributed by atoms with Crippen LogP contribution in [0.1, 0.15) is 67.6 Å². The fraction of sp³-hybridized carbons (Fsp3) is 0.567. The summed E-state index contributed by atoms with van der Waals surface area (Å²) < 4.78 is 28.2. The van der Waals surface area contributed by atoms with Gasteiger partial charge in [-0.3, -0.25) is 4.79 Å². The van der Waals surface area contributed by atoms with Crippen molar-refractivity contribution in [2.45, 2.75) is 50.9 Å². The van der Waals surface area contributed by atoms with Gasteiger partial charge in [-0.2, -0.15) is 0 Å². The highest BCUT2D eigenvalue weighted by Gasteiger charge is 2.52. The third-order valence-corrected chi connectivity index (χ3v) is 8.42. The van der Waals surface area contributed by atoms with E-state index in [2.05, 4.69) is 24.9 Å². The van der Waals surface area contributed by atoms with Crippen LogP contribution >= 0.6 is 12.4 Å². The average Bonchev–Trinajstić information content (AvgIpc) is 3.54. The standard InChI is InChI=1S/C30H39NO7.ClH/c1-5-6-7-8-10-31(2)11-9-19-20-14-23-24(38-17-37-23)15-21(20)27(28-22(19)16-36-30(28)33)18-12-25(34-3)29(32)26(13-18)35-4;/h12-15,19,22,27-28,32H,5-11,16-17H2,1-4H3;1H/t19-,22?,27-,28+;/m1./s1. The summed E-state index contributed by atoms with van der Waals surface area (Å²) in [5.41, 5.74) is 3.03. The van der Waals surface area contributed by atoms with Crippen LogP contribution in [-0.4, -0.2) is 63.7 Å². The van der Waals surface area contributed by atoms with Crippen LogP contribution in [0.2, 0.25) is 0 Å². The summed E-state index contributed by atoms with van der Waals surface area (Å²) in [5.74, 6) is 1.29. The molecular formula is C30H40ClNO7. The molecule has 2 heterocycles. The maximum Gasteiger partial charge on any atom is 0.310 e. The second-order valence-electron chi connectivity index (χ2n) is 10.7. The van der Waals surface area contributed by atoms with Crippen molar-refractivity contribution in [2.75, 3.05) is 47.8 Å². The summed E-state index contributed by atoms with van der Waals surface area (Å²) in [4.78, 5) is 15.7. The van der Waals surface area contributed by atoms with E-state index < -0.39 is 0 Å². The van der Waals surface area contributed by atoms with Gasteiger partial charge in [0.1, 0.15) is 0 Å². The van der Waals surface area contributed by atoms with Crippen molar-refractivity contribution >= 4 is 18.4 Å². The fourth-order valence-electron chi connectivity index (χ4n) is 6.42. The van der Waals surface area contributed by atoms with Crippen molar-refractivity contribution in [3.63, 3.8) is 0 Å². The van der Waals surface area contributed by atoms with Gasteiger partial charge in [0.15, 0.2) is 23.0 Å². The van der Waals surface area contributed by atoms with Gasteiger partial charge in [0.2, 0.25) is 12.5 Å². The number of halogens is 1. The Morgan fingerprint density at radius 3 is 2.26 bits per heavy atom. The van der Waals surface area contributed by atoms with Gasteiger partial charge in [0.25, 0.3) is 0 Å². The molecule has 3 aliphatic rings. The maximum absolute atomic E-state index is 13.3. The molecule has 0 spiro atoms. The van der Waals surface area contributed by atoms with Crippen LogP contribution in [0.4, 0.5) is 0 Å². The highest BCUT2D eigenvalue weighted by molar-refractivity contribution is 5.85. The minimum atomic E-state index is -0.360. The summed E-state index contributed by atoms with van der Waals surface area (Å²) in [7, 11) is 5.19. The zero-order valence-electron chi connectivity index (χ0n) is 23.2. The molecule has 2 aromatic rings. The first-order valence-electron chi connectivity index (χ1n) is 13.7. The van der Waals surface area contributed by atoms with Gasteiger partial charge in [-0.15, -0.1) is 12.4 Å². The number of aromatic hydroxyl groups is 1. The molecule has 0 saturated carbocycles. The van der Waals surface area contributed by atoms with E-state index in [4.69, 9.17) is 23.7 Å². The molecule has 214 valence electrons. The molecule has 0 bridgehead atoms. The summed E-state index contributed by atoms with van der Waals surface area (Å²) in [5, 5.41) is 10.5. The topological polar surface area (TPSA) is 86.7 Å². The molecule has 1 fully saturated rings. The van der Waals surface area contributed by atoms with Crippen LogP contribution in [0.25, 0.3) is 0 Å². The van der Waals surface area contributed by atoms with Crippen molar-refractivity contribution in [3.05, 3.63) is 41.0 Å². The predicted molar refractivity (Wildman–Crippen MR) is 150 cm³/mol. The number of fused-ring (bicyclic) bond motifs is 3. The Hall–Kier alpha value is -2.84. The van der Waals surface area contributed by atoms with Gasteiger partial charge in [-0.05, 0) is 79.9 Å². The SMILES string of the molecule is CCCCCCN(C)CC[C@@H]1c2cc3c(cc2[C@@H](c2cc(OC)c(O)c(OC)c2)[C@H]2C(=O)OCC12)OCO3.Cl. The fourth-order valence-corrected chi connectivity index (χ4v) is 6.42. The van der Waals surface area contributed by atoms with E-state index in [9.17, 15) is 9.90 Å². The quantitative estimate of drug-likeness (QED) is 0.285. The number of carbonyl (C=O) groups is 1. The van der Waals surface area contributed by atoms with Crippen LogP contribution in [0.3, 0.4) is 0 Å². The van der Waals surface area contributed by atoms with Gasteiger partial charge in [0.05, 0.1) is 26.7 Å². The molecule has 5 rings (SSSR count). The van der Waals surface area contributed by atoms with Crippen molar-refractivity contribution in [2.24, 2.45) is 11.8 Å². The molecule has 2 aromatic carbocycles. The Morgan fingerprint density at radius 1 is 0.949 bits per heavy atom. The normalized spacial score (nSPS) is 22.6. The summed E-state index contributed by atoms with van der Waals surface area (Å²) in [6.07, 6.45) is 5.88. The van der Waals surface area contributed by atoms with Crippen LogP contribution < -0.4 is 18.9 Å². The number of esters is 1. The Morgan fingerprint density at radius 2 is 1.62 bits per heavy atom. The molecule has 0 amide bonds. The van der Waals surface area contributed by atoms with Crippen molar-refractivity contribution in [3.8, 4) is 28.7 Å². The van der Waals surface area contributed by atoms with Crippen LogP contribution in [0.5, 0.6) is 28.7 Å². The highest BCUT2D eigenvalue weighted by Crippen LogP contribution is 2.56. The van der Waals surface area contributed by atoms with E-state index in [0.29, 0.717) is 23.9 Å². The predicted octanol–water partition coefficient (Wildman–Crippen LogP) is 5.48. The number of hydrogen-bond acceptors (Lipinski definition) is 8. The van der Waals surface area contributed by atoms with Gasteiger partial charge in [0, 0.05) is 11.8 Å². The van der Waals surface area contributed by atoms with Crippen LogP contribution in [0.15, 0.2) is 24.3 Å². The van der Waals surface area contributed by atoms with E-state index in [1.807, 2.05) is 6.07 Å². The zero-order valence-corrected chi connectivity index (χ0v) is 24.1. The molecule has 0 aromatic heterocycles. The first kappa shape index (κ1) is 29.2. The van der Waals surface area contributed by atoms with E-state index >= 15 is 0 Å². The second kappa shape index (κ2) is 12.6. The second-order valence-corrected chi connectivity index (χ2v) is 10.7. The van der Waals surface area contributed by atoms with Gasteiger partial charge in [-0.1, -0.05) is 26.2 Å². The van der Waals surface area contributed by atoms with E-state index in [1.54, 1.807) is 12.1 Å². The van der Waals surface area contributed by atoms with E-state index in [-0.39, 0.29) is 54.6 Å². The maximum atomic E-state index is 13.3. The van der Waals surface area contributed by atoms with Crippen LogP contribution in [0, 0.1) is 11.8 Å². The first-order valence-corrected chi connectivity index (χ1v) is 13.7. The highest BCUT2D eigenvalue weighted by atomic mass is 35.5. The summed E-state index contributed by atoms with van der Waals surface area (Å²) in [6, 6.07) is 7.72. The van der Waals surface area contributed by atoms with Crippen LogP contribution in [-0.2, 0) is 9.53 Å². The third kappa shape index (κ3) is 5.59. The molecule has 8 nitrogen and oxygen atoms in total. The molecule has 9 heteroatoms. The Bertz CT molecular complexity index is 1150. The average molecular weight is 562 g/mol. The number of phenols is 1. The molecule has 4 atom stereocenters. The van der Waals surface area contributed by atoms with Gasteiger partial charge in [-0.25, -0.2) is 0 Å². The Labute approximate surface area is 236 Å². The zero-order chi connectivity index (χ0) is 26.8. The molecule has 1 unspecified atom stereocenters. The monoisotopic (exact) mass is 561 g/mol.